The number of hydrogen-bond acceptors (Lipinski definition) is 4. The third-order valence-corrected chi connectivity index (χ3v) is 9.88. The Kier molecular flexibility index (Phi) is 9.81. The highest BCUT2D eigenvalue weighted by atomic mass is 32.2. The summed E-state index contributed by atoms with van der Waals surface area (Å²) >= 11 is 1.86. The summed E-state index contributed by atoms with van der Waals surface area (Å²) in [5.41, 5.74) is 1.48. The molecule has 2 aliphatic carbocycles. The first-order chi connectivity index (χ1) is 19.6. The molecule has 0 spiro atoms. The zero-order chi connectivity index (χ0) is 29.1. The molecule has 0 radical (unpaired) electrons. The fourth-order valence-corrected chi connectivity index (χ4v) is 7.35. The van der Waals surface area contributed by atoms with Gasteiger partial charge in [-0.25, -0.2) is 17.6 Å². The summed E-state index contributed by atoms with van der Waals surface area (Å²) in [5.74, 6) is -5.80. The van der Waals surface area contributed by atoms with E-state index in [1.807, 2.05) is 17.8 Å². The SMILES string of the molecule is CCSC1COC(C2CCC(c3ccc(C4CCC(C(F)(F)Oc5cc(F)c(F)c(F)c5)CC4)c(F)c3)CC2)OC1. The van der Waals surface area contributed by atoms with Gasteiger partial charge in [0.1, 0.15) is 11.6 Å². The monoisotopic (exact) mass is 602 g/mol. The number of thioether (sulfide) groups is 1. The van der Waals surface area contributed by atoms with E-state index in [9.17, 15) is 22.0 Å². The average molecular weight is 603 g/mol. The van der Waals surface area contributed by atoms with Crippen LogP contribution in [0.3, 0.4) is 0 Å². The highest BCUT2D eigenvalue weighted by Gasteiger charge is 2.44. The van der Waals surface area contributed by atoms with Crippen LogP contribution in [0.2, 0.25) is 0 Å². The van der Waals surface area contributed by atoms with Crippen LogP contribution in [-0.4, -0.2) is 36.6 Å². The Morgan fingerprint density at radius 1 is 0.805 bits per heavy atom. The molecule has 0 N–H and O–H groups in total. The van der Waals surface area contributed by atoms with E-state index in [4.69, 9.17) is 9.47 Å². The van der Waals surface area contributed by atoms with Gasteiger partial charge in [-0.05, 0) is 86.1 Å². The highest BCUT2D eigenvalue weighted by Crippen LogP contribution is 2.45. The second-order valence-corrected chi connectivity index (χ2v) is 13.0. The first-order valence-electron chi connectivity index (χ1n) is 14.5. The molecule has 5 rings (SSSR count). The maximum Gasteiger partial charge on any atom is 0.400 e. The number of rotatable bonds is 8. The molecule has 41 heavy (non-hydrogen) atoms. The van der Waals surface area contributed by atoms with Gasteiger partial charge in [-0.1, -0.05) is 19.1 Å². The quantitative estimate of drug-likeness (QED) is 0.223. The Balaban J connectivity index is 1.12. The van der Waals surface area contributed by atoms with Crippen LogP contribution in [0.1, 0.15) is 81.3 Å². The molecule has 226 valence electrons. The highest BCUT2D eigenvalue weighted by molar-refractivity contribution is 7.99. The summed E-state index contributed by atoms with van der Waals surface area (Å²) < 4.78 is 101. The topological polar surface area (TPSA) is 27.7 Å². The van der Waals surface area contributed by atoms with Crippen molar-refractivity contribution in [3.05, 3.63) is 64.7 Å². The minimum absolute atomic E-state index is 0.0538. The molecular formula is C31H36F6O3S. The zero-order valence-electron chi connectivity index (χ0n) is 23.0. The molecule has 2 saturated carbocycles. The van der Waals surface area contributed by atoms with Crippen LogP contribution in [0.5, 0.6) is 5.75 Å². The number of benzene rings is 2. The molecule has 2 aromatic rings. The van der Waals surface area contributed by atoms with Crippen LogP contribution < -0.4 is 4.74 Å². The lowest BCUT2D eigenvalue weighted by molar-refractivity contribution is -0.222. The maximum atomic E-state index is 15.3. The predicted molar refractivity (Wildman–Crippen MR) is 145 cm³/mol. The standard InChI is InChI=1S/C31H36F6O3S/c1-2-41-24-16-38-30(39-17-24)20-5-3-18(4-6-20)21-9-12-25(26(32)13-21)19-7-10-22(11-8-19)31(36,37)40-23-14-27(33)29(35)28(34)15-23/h9,12-15,18-20,22,24,30H,2-8,10-11,16-17H2,1H3. The normalized spacial score (nSPS) is 29.3. The lowest BCUT2D eigenvalue weighted by Gasteiger charge is -2.37. The average Bonchev–Trinajstić information content (AvgIpc) is 2.96. The van der Waals surface area contributed by atoms with Crippen molar-refractivity contribution in [2.75, 3.05) is 19.0 Å². The van der Waals surface area contributed by atoms with Crippen LogP contribution in [0.25, 0.3) is 0 Å². The largest absolute Gasteiger partial charge is 0.432 e. The molecular weight excluding hydrogens is 566 g/mol. The van der Waals surface area contributed by atoms with E-state index in [-0.39, 0.29) is 36.8 Å². The molecule has 0 amide bonds. The summed E-state index contributed by atoms with van der Waals surface area (Å²) in [5, 5.41) is 0.396. The fraction of sp³-hybridized carbons (Fsp3) is 0.613. The Hall–Kier alpha value is -1.91. The summed E-state index contributed by atoms with van der Waals surface area (Å²) in [6.45, 7) is 3.57. The van der Waals surface area contributed by atoms with Gasteiger partial charge < -0.3 is 14.2 Å². The lowest BCUT2D eigenvalue weighted by Crippen LogP contribution is -2.39. The van der Waals surface area contributed by atoms with E-state index in [1.165, 1.54) is 0 Å². The van der Waals surface area contributed by atoms with E-state index in [0.29, 0.717) is 41.7 Å². The minimum atomic E-state index is -3.70. The molecule has 0 bridgehead atoms. The first-order valence-corrected chi connectivity index (χ1v) is 15.5. The lowest BCUT2D eigenvalue weighted by atomic mass is 9.76. The summed E-state index contributed by atoms with van der Waals surface area (Å²) in [6.07, 6.45) is 0.692. The molecule has 3 fully saturated rings. The van der Waals surface area contributed by atoms with Gasteiger partial charge in [0.15, 0.2) is 23.7 Å². The molecule has 3 aliphatic rings. The Labute approximate surface area is 241 Å². The van der Waals surface area contributed by atoms with Gasteiger partial charge in [-0.2, -0.15) is 20.5 Å². The molecule has 10 heteroatoms. The second kappa shape index (κ2) is 13.2. The first kappa shape index (κ1) is 30.5. The van der Waals surface area contributed by atoms with Crippen molar-refractivity contribution in [3.63, 3.8) is 0 Å². The number of halogens is 6. The van der Waals surface area contributed by atoms with E-state index >= 15 is 4.39 Å². The van der Waals surface area contributed by atoms with E-state index in [2.05, 4.69) is 11.7 Å². The molecule has 1 aliphatic heterocycles. The van der Waals surface area contributed by atoms with Gasteiger partial charge in [0.05, 0.1) is 24.4 Å². The van der Waals surface area contributed by atoms with Crippen molar-refractivity contribution >= 4 is 11.8 Å². The molecule has 1 heterocycles. The minimum Gasteiger partial charge on any atom is -0.432 e. The van der Waals surface area contributed by atoms with Gasteiger partial charge in [0.2, 0.25) is 0 Å². The fourth-order valence-electron chi connectivity index (χ4n) is 6.53. The van der Waals surface area contributed by atoms with Crippen LogP contribution >= 0.6 is 11.8 Å². The van der Waals surface area contributed by atoms with Crippen LogP contribution in [0.15, 0.2) is 30.3 Å². The van der Waals surface area contributed by atoms with Crippen molar-refractivity contribution in [2.45, 2.75) is 87.8 Å². The van der Waals surface area contributed by atoms with E-state index in [0.717, 1.165) is 50.2 Å². The van der Waals surface area contributed by atoms with E-state index < -0.39 is 35.2 Å². The van der Waals surface area contributed by atoms with Crippen molar-refractivity contribution < 1.29 is 40.6 Å². The van der Waals surface area contributed by atoms with Crippen LogP contribution in [0, 0.1) is 35.1 Å². The van der Waals surface area contributed by atoms with Gasteiger partial charge in [-0.15, -0.1) is 0 Å². The zero-order valence-corrected chi connectivity index (χ0v) is 23.8. The smallest absolute Gasteiger partial charge is 0.400 e. The molecule has 1 saturated heterocycles. The number of ether oxygens (including phenoxy) is 3. The van der Waals surface area contributed by atoms with Gasteiger partial charge in [-0.3, -0.25) is 0 Å². The molecule has 2 aromatic carbocycles. The summed E-state index contributed by atoms with van der Waals surface area (Å²) in [6, 6.07) is 6.16. The third kappa shape index (κ3) is 7.19. The van der Waals surface area contributed by atoms with Crippen molar-refractivity contribution in [3.8, 4) is 5.75 Å². The van der Waals surface area contributed by atoms with Gasteiger partial charge >= 0.3 is 6.11 Å². The molecule has 0 unspecified atom stereocenters. The van der Waals surface area contributed by atoms with Gasteiger partial charge in [0, 0.05) is 18.1 Å². The van der Waals surface area contributed by atoms with E-state index in [1.54, 1.807) is 12.1 Å². The predicted octanol–water partition coefficient (Wildman–Crippen LogP) is 8.96. The Morgan fingerprint density at radius 2 is 1.41 bits per heavy atom. The summed E-state index contributed by atoms with van der Waals surface area (Å²) in [7, 11) is 0. The molecule has 3 nitrogen and oxygen atoms in total. The summed E-state index contributed by atoms with van der Waals surface area (Å²) in [4.78, 5) is 0. The van der Waals surface area contributed by atoms with Crippen LogP contribution in [0.4, 0.5) is 26.3 Å². The van der Waals surface area contributed by atoms with Crippen LogP contribution in [-0.2, 0) is 9.47 Å². The molecule has 0 aromatic heterocycles. The van der Waals surface area contributed by atoms with Crippen molar-refractivity contribution in [1.29, 1.82) is 0 Å². The second-order valence-electron chi connectivity index (χ2n) is 11.4. The Bertz CT molecular complexity index is 1150. The van der Waals surface area contributed by atoms with Crippen molar-refractivity contribution in [2.24, 2.45) is 11.8 Å². The third-order valence-electron chi connectivity index (χ3n) is 8.80. The maximum absolute atomic E-state index is 15.3. The molecule has 0 atom stereocenters. The van der Waals surface area contributed by atoms with Gasteiger partial charge in [0.25, 0.3) is 0 Å². The van der Waals surface area contributed by atoms with Crippen molar-refractivity contribution in [1.82, 2.24) is 0 Å². The number of alkyl halides is 2. The number of hydrogen-bond donors (Lipinski definition) is 0. The Morgan fingerprint density at radius 3 is 2.00 bits per heavy atom.